The Morgan fingerprint density at radius 2 is 2.24 bits per heavy atom. The zero-order valence-corrected chi connectivity index (χ0v) is 11.7. The van der Waals surface area contributed by atoms with Crippen LogP contribution in [0, 0.1) is 10.1 Å². The minimum absolute atomic E-state index is 0.369. The summed E-state index contributed by atoms with van der Waals surface area (Å²) in [6, 6.07) is 4.04. The number of aromatic hydroxyl groups is 1. The highest BCUT2D eigenvalue weighted by atomic mass is 32.1. The third-order valence-electron chi connectivity index (χ3n) is 2.52. The normalized spacial score (nSPS) is 10.7. The van der Waals surface area contributed by atoms with Crippen LogP contribution in [0.2, 0.25) is 0 Å². The fourth-order valence-electron chi connectivity index (χ4n) is 1.52. The van der Waals surface area contributed by atoms with Gasteiger partial charge in [0, 0.05) is 6.07 Å². The third-order valence-corrected chi connectivity index (χ3v) is 3.47. The SMILES string of the molecule is COC(=O)c1cnc(C=Cc2ccc(O)c([N+](=O)[O-])c2)s1. The topological polar surface area (TPSA) is 103 Å². The number of thiazole rings is 1. The second-order valence-corrected chi connectivity index (χ2v) is 4.96. The molecule has 2 aromatic rings. The van der Waals surface area contributed by atoms with Crippen molar-refractivity contribution in [1.29, 1.82) is 0 Å². The molecule has 0 radical (unpaired) electrons. The molecular weight excluding hydrogens is 296 g/mol. The lowest BCUT2D eigenvalue weighted by atomic mass is 10.2. The van der Waals surface area contributed by atoms with Crippen molar-refractivity contribution in [3.63, 3.8) is 0 Å². The van der Waals surface area contributed by atoms with E-state index in [9.17, 15) is 20.0 Å². The van der Waals surface area contributed by atoms with Crippen molar-refractivity contribution >= 4 is 35.1 Å². The summed E-state index contributed by atoms with van der Waals surface area (Å²) in [6.45, 7) is 0. The van der Waals surface area contributed by atoms with E-state index in [1.807, 2.05) is 0 Å². The molecule has 1 aromatic carbocycles. The van der Waals surface area contributed by atoms with Gasteiger partial charge < -0.3 is 9.84 Å². The van der Waals surface area contributed by atoms with E-state index in [1.54, 1.807) is 12.2 Å². The van der Waals surface area contributed by atoms with E-state index in [1.165, 1.54) is 31.5 Å². The van der Waals surface area contributed by atoms with E-state index in [0.717, 1.165) is 11.3 Å². The van der Waals surface area contributed by atoms with Gasteiger partial charge in [0.2, 0.25) is 0 Å². The predicted molar refractivity (Wildman–Crippen MR) is 77.1 cm³/mol. The van der Waals surface area contributed by atoms with E-state index in [4.69, 9.17) is 0 Å². The molecule has 0 saturated heterocycles. The van der Waals surface area contributed by atoms with Gasteiger partial charge in [-0.3, -0.25) is 10.1 Å². The number of hydrogen-bond acceptors (Lipinski definition) is 7. The minimum Gasteiger partial charge on any atom is -0.502 e. The maximum atomic E-state index is 11.3. The first-order valence-electron chi connectivity index (χ1n) is 5.71. The summed E-state index contributed by atoms with van der Waals surface area (Å²) < 4.78 is 4.57. The van der Waals surface area contributed by atoms with Crippen molar-refractivity contribution < 1.29 is 19.6 Å². The highest BCUT2D eigenvalue weighted by Crippen LogP contribution is 2.27. The lowest BCUT2D eigenvalue weighted by molar-refractivity contribution is -0.385. The molecule has 0 unspecified atom stereocenters. The van der Waals surface area contributed by atoms with Gasteiger partial charge in [-0.1, -0.05) is 12.1 Å². The second-order valence-electron chi connectivity index (χ2n) is 3.89. The summed E-state index contributed by atoms with van der Waals surface area (Å²) in [5.41, 5.74) is 0.167. The zero-order valence-electron chi connectivity index (χ0n) is 10.8. The molecule has 108 valence electrons. The molecule has 0 aliphatic rings. The summed E-state index contributed by atoms with van der Waals surface area (Å²) in [5.74, 6) is -0.855. The Balaban J connectivity index is 2.21. The van der Waals surface area contributed by atoms with Gasteiger partial charge in [0.15, 0.2) is 5.75 Å². The average molecular weight is 306 g/mol. The van der Waals surface area contributed by atoms with Crippen molar-refractivity contribution in [2.45, 2.75) is 0 Å². The van der Waals surface area contributed by atoms with Gasteiger partial charge in [0.25, 0.3) is 0 Å². The molecule has 1 aromatic heterocycles. The van der Waals surface area contributed by atoms with Gasteiger partial charge in [0.1, 0.15) is 9.88 Å². The van der Waals surface area contributed by atoms with Crippen LogP contribution in [-0.4, -0.2) is 28.1 Å². The Morgan fingerprint density at radius 1 is 1.48 bits per heavy atom. The number of nitrogens with zero attached hydrogens (tertiary/aromatic N) is 2. The van der Waals surface area contributed by atoms with Crippen LogP contribution < -0.4 is 0 Å². The molecule has 0 atom stereocenters. The highest BCUT2D eigenvalue weighted by molar-refractivity contribution is 7.14. The maximum Gasteiger partial charge on any atom is 0.349 e. The van der Waals surface area contributed by atoms with Gasteiger partial charge in [-0.05, 0) is 17.7 Å². The van der Waals surface area contributed by atoms with Crippen molar-refractivity contribution in [3.05, 3.63) is 50.0 Å². The van der Waals surface area contributed by atoms with Crippen LogP contribution in [0.4, 0.5) is 5.69 Å². The average Bonchev–Trinajstić information content (AvgIpc) is 2.94. The number of nitro benzene ring substituents is 1. The molecule has 21 heavy (non-hydrogen) atoms. The van der Waals surface area contributed by atoms with Crippen LogP contribution in [0.3, 0.4) is 0 Å². The smallest absolute Gasteiger partial charge is 0.349 e. The number of carbonyl (C=O) groups excluding carboxylic acids is 1. The number of phenolic OH excluding ortho intramolecular Hbond substituents is 1. The Hall–Kier alpha value is -2.74. The van der Waals surface area contributed by atoms with Crippen LogP contribution >= 0.6 is 11.3 Å². The monoisotopic (exact) mass is 306 g/mol. The quantitative estimate of drug-likeness (QED) is 0.529. The fraction of sp³-hybridized carbons (Fsp3) is 0.0769. The van der Waals surface area contributed by atoms with Crippen molar-refractivity contribution in [2.24, 2.45) is 0 Å². The molecule has 1 N–H and O–H groups in total. The van der Waals surface area contributed by atoms with Gasteiger partial charge in [-0.15, -0.1) is 11.3 Å². The number of nitro groups is 1. The summed E-state index contributed by atoms with van der Waals surface area (Å²) >= 11 is 1.14. The Bertz CT molecular complexity index is 723. The van der Waals surface area contributed by atoms with Gasteiger partial charge in [0.05, 0.1) is 18.2 Å². The first-order chi connectivity index (χ1) is 10.0. The largest absolute Gasteiger partial charge is 0.502 e. The molecule has 0 aliphatic heterocycles. The van der Waals surface area contributed by atoms with Crippen molar-refractivity contribution in [3.8, 4) is 5.75 Å². The first kappa shape index (κ1) is 14.7. The summed E-state index contributed by atoms with van der Waals surface area (Å²) in [6.07, 6.45) is 4.62. The lowest BCUT2D eigenvalue weighted by Crippen LogP contribution is -1.96. The standard InChI is InChI=1S/C13H10N2O5S/c1-20-13(17)11-7-14-12(21-11)5-3-8-2-4-10(16)9(6-8)15(18)19/h2-7,16H,1H3. The van der Waals surface area contributed by atoms with E-state index in [-0.39, 0.29) is 11.4 Å². The number of methoxy groups -OCH3 is 1. The van der Waals surface area contributed by atoms with Crippen LogP contribution in [0.25, 0.3) is 12.2 Å². The Labute approximate surface area is 123 Å². The van der Waals surface area contributed by atoms with Gasteiger partial charge in [-0.2, -0.15) is 0 Å². The minimum atomic E-state index is -0.661. The number of carbonyl (C=O) groups is 1. The molecule has 0 aliphatic carbocycles. The van der Waals surface area contributed by atoms with Gasteiger partial charge in [-0.25, -0.2) is 9.78 Å². The first-order valence-corrected chi connectivity index (χ1v) is 6.52. The van der Waals surface area contributed by atoms with Crippen LogP contribution in [0.5, 0.6) is 5.75 Å². The molecule has 0 fully saturated rings. The molecule has 8 heteroatoms. The number of aromatic nitrogens is 1. The number of benzene rings is 1. The number of esters is 1. The molecule has 1 heterocycles. The molecule has 0 bridgehead atoms. The number of ether oxygens (including phenoxy) is 1. The second kappa shape index (κ2) is 6.14. The number of rotatable bonds is 4. The maximum absolute atomic E-state index is 11.3. The molecule has 2 rings (SSSR count). The lowest BCUT2D eigenvalue weighted by Gasteiger charge is -1.97. The zero-order chi connectivity index (χ0) is 15.4. The Kier molecular flexibility index (Phi) is 4.29. The molecular formula is C13H10N2O5S. The molecule has 0 spiro atoms. The van der Waals surface area contributed by atoms with E-state index in [0.29, 0.717) is 15.4 Å². The highest BCUT2D eigenvalue weighted by Gasteiger charge is 2.13. The van der Waals surface area contributed by atoms with Crippen LogP contribution in [0.1, 0.15) is 20.2 Å². The van der Waals surface area contributed by atoms with Crippen LogP contribution in [0.15, 0.2) is 24.4 Å². The third kappa shape index (κ3) is 3.42. The number of phenols is 1. The Morgan fingerprint density at radius 3 is 2.90 bits per heavy atom. The van der Waals surface area contributed by atoms with Crippen molar-refractivity contribution in [1.82, 2.24) is 4.98 Å². The predicted octanol–water partition coefficient (Wildman–Crippen LogP) is 2.71. The molecule has 0 amide bonds. The summed E-state index contributed by atoms with van der Waals surface area (Å²) in [5, 5.41) is 20.6. The van der Waals surface area contributed by atoms with E-state index >= 15 is 0 Å². The van der Waals surface area contributed by atoms with Crippen molar-refractivity contribution in [2.75, 3.05) is 7.11 Å². The fourth-order valence-corrected chi connectivity index (χ4v) is 2.26. The van der Waals surface area contributed by atoms with E-state index < -0.39 is 10.9 Å². The summed E-state index contributed by atoms with van der Waals surface area (Å²) in [7, 11) is 1.28. The van der Waals surface area contributed by atoms with E-state index in [2.05, 4.69) is 9.72 Å². The van der Waals surface area contributed by atoms with Crippen LogP contribution in [-0.2, 0) is 4.74 Å². The molecule has 7 nitrogen and oxygen atoms in total. The summed E-state index contributed by atoms with van der Waals surface area (Å²) in [4.78, 5) is 25.7. The number of hydrogen-bond donors (Lipinski definition) is 1. The molecule has 0 saturated carbocycles. The van der Waals surface area contributed by atoms with Gasteiger partial charge >= 0.3 is 11.7 Å².